The molecule has 2 aliphatic rings. The van der Waals surface area contributed by atoms with Gasteiger partial charge >= 0.3 is 6.09 Å². The lowest BCUT2D eigenvalue weighted by Crippen LogP contribution is -2.67. The molecule has 2 atom stereocenters. The van der Waals surface area contributed by atoms with Crippen molar-refractivity contribution < 1.29 is 37.4 Å². The maximum atomic E-state index is 14.6. The van der Waals surface area contributed by atoms with Crippen LogP contribution in [0.2, 0.25) is 0 Å². The maximum Gasteiger partial charge on any atom is 0.405 e. The summed E-state index contributed by atoms with van der Waals surface area (Å²) < 4.78 is 44.9. The van der Waals surface area contributed by atoms with Crippen molar-refractivity contribution in [1.82, 2.24) is 5.32 Å². The smallest absolute Gasteiger partial charge is 0.405 e. The summed E-state index contributed by atoms with van der Waals surface area (Å²) in [5.74, 6) is -4.34. The van der Waals surface area contributed by atoms with Crippen molar-refractivity contribution in [2.75, 3.05) is 18.5 Å². The van der Waals surface area contributed by atoms with E-state index >= 15 is 0 Å². The lowest BCUT2D eigenvalue weighted by molar-refractivity contribution is -0.155. The highest BCUT2D eigenvalue weighted by atomic mass is 19.2. The van der Waals surface area contributed by atoms with Gasteiger partial charge in [0.2, 0.25) is 5.82 Å². The van der Waals surface area contributed by atoms with Crippen LogP contribution in [0.25, 0.3) is 0 Å². The van der Waals surface area contributed by atoms with Gasteiger partial charge in [-0.2, -0.15) is 4.39 Å². The zero-order valence-electron chi connectivity index (χ0n) is 18.3. The molecule has 32 heavy (non-hydrogen) atoms. The predicted molar refractivity (Wildman–Crippen MR) is 109 cm³/mol. The third kappa shape index (κ3) is 4.08. The van der Waals surface area contributed by atoms with Crippen LogP contribution in [0.3, 0.4) is 0 Å². The van der Waals surface area contributed by atoms with E-state index in [-0.39, 0.29) is 31.7 Å². The molecule has 0 bridgehead atoms. The van der Waals surface area contributed by atoms with Crippen LogP contribution in [0.15, 0.2) is 12.1 Å². The summed E-state index contributed by atoms with van der Waals surface area (Å²) >= 11 is 0. The van der Waals surface area contributed by atoms with Gasteiger partial charge in [-0.3, -0.25) is 9.59 Å². The van der Waals surface area contributed by atoms with Crippen molar-refractivity contribution in [2.45, 2.75) is 57.8 Å². The molecule has 3 amide bonds. The molecule has 1 aromatic carbocycles. The van der Waals surface area contributed by atoms with Crippen molar-refractivity contribution in [2.24, 2.45) is 11.1 Å². The van der Waals surface area contributed by atoms with Crippen LogP contribution in [0.1, 0.15) is 40.5 Å². The summed E-state index contributed by atoms with van der Waals surface area (Å²) in [6.07, 6.45) is -0.933. The molecule has 2 aliphatic heterocycles. The summed E-state index contributed by atoms with van der Waals surface area (Å²) in [5.41, 5.74) is 1.04. The minimum atomic E-state index is -1.75. The van der Waals surface area contributed by atoms with E-state index in [9.17, 15) is 23.2 Å². The van der Waals surface area contributed by atoms with Crippen molar-refractivity contribution >= 4 is 23.6 Å². The SMILES string of the molecule is CC(C)(C)[C@](C)(OC(N)=O)C(=O)N[C@@H]1C(=O)Nc2ccc(F)c(F)c2OC12CCOCC2. The first-order valence-corrected chi connectivity index (χ1v) is 10.2. The fourth-order valence-corrected chi connectivity index (χ4v) is 3.75. The second-order valence-electron chi connectivity index (χ2n) is 9.12. The second kappa shape index (κ2) is 8.19. The fraction of sp³-hybridized carbons (Fsp3) is 0.571. The number of hydrogen-bond acceptors (Lipinski definition) is 6. The number of anilines is 1. The molecule has 176 valence electrons. The first-order valence-electron chi connectivity index (χ1n) is 10.2. The lowest BCUT2D eigenvalue weighted by atomic mass is 9.76. The zero-order valence-corrected chi connectivity index (χ0v) is 18.3. The van der Waals surface area contributed by atoms with Crippen LogP contribution in [0.4, 0.5) is 19.3 Å². The monoisotopic (exact) mass is 455 g/mol. The molecular weight excluding hydrogens is 428 g/mol. The number of fused-ring (bicyclic) bond motifs is 1. The first-order chi connectivity index (χ1) is 14.8. The Morgan fingerprint density at radius 2 is 1.84 bits per heavy atom. The van der Waals surface area contributed by atoms with Gasteiger partial charge in [-0.15, -0.1) is 0 Å². The van der Waals surface area contributed by atoms with Gasteiger partial charge in [0.05, 0.1) is 18.9 Å². The standard InChI is InChI=1S/C21H27F2N3O6/c1-19(2,3)20(4,32-18(24)29)17(28)26-15-16(27)25-12-6-5-11(22)13(23)14(12)31-21(15)7-9-30-10-8-21/h5-6,15H,7-10H2,1-4H3,(H2,24,29)(H,25,27)(H,26,28)/t15-,20-/m1/s1. The Bertz CT molecular complexity index is 942. The minimum absolute atomic E-state index is 0.0662. The number of carbonyl (C=O) groups is 3. The highest BCUT2D eigenvalue weighted by molar-refractivity contribution is 6.01. The van der Waals surface area contributed by atoms with Gasteiger partial charge in [-0.25, -0.2) is 9.18 Å². The van der Waals surface area contributed by atoms with E-state index in [4.69, 9.17) is 19.9 Å². The van der Waals surface area contributed by atoms with Gasteiger partial charge in [0, 0.05) is 18.3 Å². The maximum absolute atomic E-state index is 14.6. The molecule has 1 saturated heterocycles. The van der Waals surface area contributed by atoms with Gasteiger partial charge in [0.1, 0.15) is 11.6 Å². The van der Waals surface area contributed by atoms with Crippen LogP contribution in [0.5, 0.6) is 5.75 Å². The molecule has 1 aromatic rings. The second-order valence-corrected chi connectivity index (χ2v) is 9.12. The molecule has 4 N–H and O–H groups in total. The van der Waals surface area contributed by atoms with Crippen LogP contribution in [-0.4, -0.2) is 48.4 Å². The van der Waals surface area contributed by atoms with Crippen LogP contribution < -0.4 is 21.1 Å². The van der Waals surface area contributed by atoms with Crippen LogP contribution in [-0.2, 0) is 19.1 Å². The molecule has 0 unspecified atom stereocenters. The van der Waals surface area contributed by atoms with E-state index in [1.54, 1.807) is 20.8 Å². The average Bonchev–Trinajstić information content (AvgIpc) is 2.80. The Balaban J connectivity index is 2.04. The number of ether oxygens (including phenoxy) is 3. The highest BCUT2D eigenvalue weighted by Crippen LogP contribution is 2.41. The van der Waals surface area contributed by atoms with E-state index in [2.05, 4.69) is 10.6 Å². The fourth-order valence-electron chi connectivity index (χ4n) is 3.75. The summed E-state index contributed by atoms with van der Waals surface area (Å²) in [4.78, 5) is 38.0. The van der Waals surface area contributed by atoms with E-state index in [1.807, 2.05) is 0 Å². The summed E-state index contributed by atoms with van der Waals surface area (Å²) in [7, 11) is 0. The largest absolute Gasteiger partial charge is 0.479 e. The highest BCUT2D eigenvalue weighted by Gasteiger charge is 2.54. The number of carbonyl (C=O) groups excluding carboxylic acids is 3. The Kier molecular flexibility index (Phi) is 6.07. The predicted octanol–water partition coefficient (Wildman–Crippen LogP) is 2.23. The molecule has 2 heterocycles. The van der Waals surface area contributed by atoms with Gasteiger partial charge in [-0.05, 0) is 19.1 Å². The van der Waals surface area contributed by atoms with Gasteiger partial charge < -0.3 is 30.6 Å². The molecule has 0 aromatic heterocycles. The van der Waals surface area contributed by atoms with Gasteiger partial charge in [-0.1, -0.05) is 20.8 Å². The minimum Gasteiger partial charge on any atom is -0.479 e. The molecule has 0 saturated carbocycles. The molecule has 11 heteroatoms. The number of amides is 3. The third-order valence-corrected chi connectivity index (χ3v) is 6.19. The molecule has 9 nitrogen and oxygen atoms in total. The molecule has 1 fully saturated rings. The number of rotatable bonds is 3. The average molecular weight is 455 g/mol. The van der Waals surface area contributed by atoms with Crippen molar-refractivity contribution in [1.29, 1.82) is 0 Å². The number of nitrogens with two attached hydrogens (primary N) is 1. The molecule has 0 aliphatic carbocycles. The van der Waals surface area contributed by atoms with E-state index < -0.39 is 58.0 Å². The van der Waals surface area contributed by atoms with Crippen LogP contribution in [0, 0.1) is 17.0 Å². The normalized spacial score (nSPS) is 21.9. The summed E-state index contributed by atoms with van der Waals surface area (Å²) in [6.45, 7) is 6.70. The van der Waals surface area contributed by atoms with E-state index in [0.717, 1.165) is 6.07 Å². The van der Waals surface area contributed by atoms with Crippen molar-refractivity contribution in [3.8, 4) is 5.75 Å². The molecular formula is C21H27F2N3O6. The third-order valence-electron chi connectivity index (χ3n) is 6.19. The molecule has 1 spiro atoms. The Labute approximate surface area is 183 Å². The summed E-state index contributed by atoms with van der Waals surface area (Å²) in [5, 5.41) is 5.10. The Morgan fingerprint density at radius 3 is 2.41 bits per heavy atom. The first kappa shape index (κ1) is 23.7. The number of nitrogens with one attached hydrogen (secondary N) is 2. The lowest BCUT2D eigenvalue weighted by Gasteiger charge is -2.44. The number of halogens is 2. The van der Waals surface area contributed by atoms with Crippen molar-refractivity contribution in [3.05, 3.63) is 23.8 Å². The topological polar surface area (TPSA) is 129 Å². The van der Waals surface area contributed by atoms with Crippen LogP contribution >= 0.6 is 0 Å². The Hall–Kier alpha value is -2.95. The zero-order chi connectivity index (χ0) is 23.9. The van der Waals surface area contributed by atoms with E-state index in [0.29, 0.717) is 0 Å². The van der Waals surface area contributed by atoms with E-state index in [1.165, 1.54) is 13.0 Å². The van der Waals surface area contributed by atoms with Gasteiger partial charge in [0.15, 0.2) is 17.2 Å². The Morgan fingerprint density at radius 1 is 1.22 bits per heavy atom. The number of benzene rings is 1. The van der Waals surface area contributed by atoms with Crippen molar-refractivity contribution in [3.63, 3.8) is 0 Å². The number of primary amides is 1. The van der Waals surface area contributed by atoms with Gasteiger partial charge in [0.25, 0.3) is 11.8 Å². The molecule has 3 rings (SSSR count). The molecule has 0 radical (unpaired) electrons. The quantitative estimate of drug-likeness (QED) is 0.641. The number of hydrogen-bond donors (Lipinski definition) is 3. The summed E-state index contributed by atoms with van der Waals surface area (Å²) in [6, 6.07) is 0.718.